The van der Waals surface area contributed by atoms with Crippen LogP contribution in [0.4, 0.5) is 0 Å². The zero-order valence-electron chi connectivity index (χ0n) is 17.6. The molecular formula is C24H27N3O3. The van der Waals surface area contributed by atoms with Gasteiger partial charge in [0.25, 0.3) is 0 Å². The van der Waals surface area contributed by atoms with Crippen molar-refractivity contribution < 1.29 is 14.6 Å². The highest BCUT2D eigenvalue weighted by molar-refractivity contribution is 5.84. The highest BCUT2D eigenvalue weighted by atomic mass is 16.5. The topological polar surface area (TPSA) is 69.4 Å². The highest BCUT2D eigenvalue weighted by Gasteiger charge is 2.22. The van der Waals surface area contributed by atoms with Crippen LogP contribution in [0.1, 0.15) is 24.3 Å². The summed E-state index contributed by atoms with van der Waals surface area (Å²) in [5.74, 6) is 0.938. The lowest BCUT2D eigenvalue weighted by atomic mass is 9.84. The van der Waals surface area contributed by atoms with Gasteiger partial charge in [0.2, 0.25) is 0 Å². The van der Waals surface area contributed by atoms with Gasteiger partial charge in [-0.25, -0.2) is 0 Å². The smallest absolute Gasteiger partial charge is 0.0987 e. The normalized spacial score (nSPS) is 17.5. The number of nitrogens with zero attached hydrogens (tertiary/aromatic N) is 3. The molecular weight excluding hydrogens is 378 g/mol. The van der Waals surface area contributed by atoms with Crippen molar-refractivity contribution >= 4 is 10.9 Å². The first-order valence-electron chi connectivity index (χ1n) is 10.1. The molecule has 6 nitrogen and oxygen atoms in total. The lowest BCUT2D eigenvalue weighted by molar-refractivity contribution is 0.120. The van der Waals surface area contributed by atoms with E-state index in [1.807, 2.05) is 31.7 Å². The fourth-order valence-corrected chi connectivity index (χ4v) is 4.03. The molecule has 6 heteroatoms. The highest BCUT2D eigenvalue weighted by Crippen LogP contribution is 2.35. The third-order valence-electron chi connectivity index (χ3n) is 5.64. The largest absolute Gasteiger partial charge is 0.501 e. The van der Waals surface area contributed by atoms with Crippen molar-refractivity contribution in [2.75, 3.05) is 20.8 Å². The number of benzene rings is 1. The molecule has 2 heterocycles. The monoisotopic (exact) mass is 405 g/mol. The number of aliphatic hydroxyl groups is 1. The van der Waals surface area contributed by atoms with Crippen molar-refractivity contribution in [1.82, 2.24) is 14.8 Å². The van der Waals surface area contributed by atoms with Gasteiger partial charge >= 0.3 is 0 Å². The summed E-state index contributed by atoms with van der Waals surface area (Å²) in [6.07, 6.45) is 11.2. The molecule has 2 aromatic heterocycles. The van der Waals surface area contributed by atoms with Gasteiger partial charge in [-0.2, -0.15) is 5.10 Å². The van der Waals surface area contributed by atoms with Crippen LogP contribution in [0.15, 0.2) is 66.3 Å². The van der Waals surface area contributed by atoms with Gasteiger partial charge in [-0.1, -0.05) is 12.1 Å². The molecule has 0 saturated heterocycles. The summed E-state index contributed by atoms with van der Waals surface area (Å²) >= 11 is 0. The maximum Gasteiger partial charge on any atom is 0.0987 e. The van der Waals surface area contributed by atoms with Gasteiger partial charge in [-0.3, -0.25) is 9.67 Å². The summed E-state index contributed by atoms with van der Waals surface area (Å²) < 4.78 is 12.9. The number of pyridine rings is 1. The zero-order chi connectivity index (χ0) is 21.1. The standard InChI is InChI=1S/C24H27N3O3/c1-27-15-20(14-26-27)19-9-18-8-16(4-5-24(18)25-13-19)23(6-7-28)17-10-21(29-2)12-22(11-17)30-3/h4-5,8-11,13-15,21,23,28H,6-7,12H2,1-3H3. The Bertz CT molecular complexity index is 1100. The van der Waals surface area contributed by atoms with Gasteiger partial charge in [0.15, 0.2) is 0 Å². The molecule has 1 N–H and O–H groups in total. The van der Waals surface area contributed by atoms with Crippen LogP contribution >= 0.6 is 0 Å². The molecule has 4 rings (SSSR count). The maximum absolute atomic E-state index is 9.75. The third kappa shape index (κ3) is 4.15. The van der Waals surface area contributed by atoms with Crippen LogP contribution in [0.3, 0.4) is 0 Å². The summed E-state index contributed by atoms with van der Waals surface area (Å²) in [4.78, 5) is 4.62. The molecule has 2 atom stereocenters. The quantitative estimate of drug-likeness (QED) is 0.644. The second-order valence-electron chi connectivity index (χ2n) is 7.60. The minimum atomic E-state index is -0.0274. The first-order valence-corrected chi connectivity index (χ1v) is 10.1. The van der Waals surface area contributed by atoms with Gasteiger partial charge in [0.05, 0.1) is 30.7 Å². The number of methoxy groups -OCH3 is 2. The summed E-state index contributed by atoms with van der Waals surface area (Å²) in [6, 6.07) is 8.44. The van der Waals surface area contributed by atoms with E-state index in [9.17, 15) is 5.11 Å². The minimum Gasteiger partial charge on any atom is -0.501 e. The van der Waals surface area contributed by atoms with E-state index in [0.717, 1.165) is 45.3 Å². The van der Waals surface area contributed by atoms with Crippen molar-refractivity contribution in [3.05, 3.63) is 71.9 Å². The van der Waals surface area contributed by atoms with E-state index in [0.29, 0.717) is 6.42 Å². The van der Waals surface area contributed by atoms with E-state index < -0.39 is 0 Å². The van der Waals surface area contributed by atoms with Crippen LogP contribution in [0, 0.1) is 0 Å². The third-order valence-corrected chi connectivity index (χ3v) is 5.64. The summed E-state index contributed by atoms with van der Waals surface area (Å²) in [5, 5.41) is 15.1. The molecule has 1 aliphatic rings. The maximum atomic E-state index is 9.75. The molecule has 0 fully saturated rings. The van der Waals surface area contributed by atoms with Crippen molar-refractivity contribution in [3.63, 3.8) is 0 Å². The van der Waals surface area contributed by atoms with Gasteiger partial charge < -0.3 is 14.6 Å². The van der Waals surface area contributed by atoms with Crippen LogP contribution in [-0.4, -0.2) is 46.8 Å². The Morgan fingerprint density at radius 3 is 2.77 bits per heavy atom. The van der Waals surface area contributed by atoms with Crippen LogP contribution < -0.4 is 0 Å². The second kappa shape index (κ2) is 8.81. The minimum absolute atomic E-state index is 0.0274. The fourth-order valence-electron chi connectivity index (χ4n) is 4.03. The van der Waals surface area contributed by atoms with Crippen molar-refractivity contribution in [2.24, 2.45) is 7.05 Å². The molecule has 0 spiro atoms. The summed E-state index contributed by atoms with van der Waals surface area (Å²) in [5.41, 5.74) is 5.25. The van der Waals surface area contributed by atoms with Gasteiger partial charge in [0.1, 0.15) is 0 Å². The predicted molar refractivity (Wildman–Crippen MR) is 117 cm³/mol. The number of rotatable bonds is 7. The van der Waals surface area contributed by atoms with E-state index in [-0.39, 0.29) is 18.6 Å². The molecule has 0 bridgehead atoms. The van der Waals surface area contributed by atoms with Crippen molar-refractivity contribution in [3.8, 4) is 11.1 Å². The van der Waals surface area contributed by atoms with Gasteiger partial charge in [-0.15, -0.1) is 0 Å². The Hall–Kier alpha value is -2.96. The Morgan fingerprint density at radius 2 is 2.07 bits per heavy atom. The first kappa shape index (κ1) is 20.3. The molecule has 0 amide bonds. The molecule has 3 aromatic rings. The molecule has 0 aliphatic heterocycles. The molecule has 1 aromatic carbocycles. The van der Waals surface area contributed by atoms with Gasteiger partial charge in [-0.05, 0) is 41.8 Å². The van der Waals surface area contributed by atoms with Crippen LogP contribution in [0.5, 0.6) is 0 Å². The molecule has 30 heavy (non-hydrogen) atoms. The lowest BCUT2D eigenvalue weighted by Gasteiger charge is -2.25. The van der Waals surface area contributed by atoms with E-state index in [4.69, 9.17) is 9.47 Å². The predicted octanol–water partition coefficient (Wildman–Crippen LogP) is 3.98. The van der Waals surface area contributed by atoms with Crippen LogP contribution in [-0.2, 0) is 16.5 Å². The van der Waals surface area contributed by atoms with Crippen LogP contribution in [0.25, 0.3) is 22.0 Å². The SMILES string of the molecule is COC1=CC(C(CCO)c2ccc3ncc(-c4cnn(C)c4)cc3c2)=CC(OC)C1. The number of aliphatic hydroxyl groups excluding tert-OH is 1. The average molecular weight is 405 g/mol. The number of fused-ring (bicyclic) bond motifs is 1. The summed E-state index contributed by atoms with van der Waals surface area (Å²) in [7, 11) is 5.30. The number of allylic oxidation sites excluding steroid dienone is 2. The zero-order valence-corrected chi connectivity index (χ0v) is 17.6. The van der Waals surface area contributed by atoms with E-state index >= 15 is 0 Å². The lowest BCUT2D eigenvalue weighted by Crippen LogP contribution is -2.17. The second-order valence-corrected chi connectivity index (χ2v) is 7.60. The number of aryl methyl sites for hydroxylation is 1. The fraction of sp³-hybridized carbons (Fsp3) is 0.333. The molecule has 0 radical (unpaired) electrons. The Balaban J connectivity index is 1.75. The Labute approximate surface area is 176 Å². The van der Waals surface area contributed by atoms with Gasteiger partial charge in [0, 0.05) is 62.0 Å². The van der Waals surface area contributed by atoms with Crippen LogP contribution in [0.2, 0.25) is 0 Å². The van der Waals surface area contributed by atoms with E-state index in [1.165, 1.54) is 0 Å². The van der Waals surface area contributed by atoms with E-state index in [2.05, 4.69) is 40.4 Å². The Morgan fingerprint density at radius 1 is 1.20 bits per heavy atom. The van der Waals surface area contributed by atoms with Crippen molar-refractivity contribution in [2.45, 2.75) is 24.9 Å². The number of aromatic nitrogens is 3. The van der Waals surface area contributed by atoms with Crippen molar-refractivity contribution in [1.29, 1.82) is 0 Å². The number of hydrogen-bond acceptors (Lipinski definition) is 5. The molecule has 0 saturated carbocycles. The number of hydrogen-bond donors (Lipinski definition) is 1. The van der Waals surface area contributed by atoms with E-state index in [1.54, 1.807) is 18.9 Å². The summed E-state index contributed by atoms with van der Waals surface area (Å²) in [6.45, 7) is 0.0990. The molecule has 2 unspecified atom stereocenters. The molecule has 1 aliphatic carbocycles. The molecule has 156 valence electrons. The first-order chi connectivity index (χ1) is 14.6. The number of ether oxygens (including phenoxy) is 2. The Kier molecular flexibility index (Phi) is 5.97. The average Bonchev–Trinajstić information content (AvgIpc) is 3.22.